The zero-order valence-corrected chi connectivity index (χ0v) is 16.5. The van der Waals surface area contributed by atoms with Gasteiger partial charge >= 0.3 is 0 Å². The number of piperidine rings is 1. The van der Waals surface area contributed by atoms with Crippen molar-refractivity contribution in [3.05, 3.63) is 71.0 Å². The number of aryl methyl sites for hydroxylation is 1. The van der Waals surface area contributed by atoms with Gasteiger partial charge in [0, 0.05) is 43.1 Å². The minimum Gasteiger partial charge on any atom is -0.353 e. The van der Waals surface area contributed by atoms with E-state index in [2.05, 4.69) is 5.32 Å². The summed E-state index contributed by atoms with van der Waals surface area (Å²) >= 11 is 0. The van der Waals surface area contributed by atoms with Gasteiger partial charge in [0.15, 0.2) is 5.78 Å². The number of hydrogen-bond donors (Lipinski definition) is 1. The second-order valence-corrected chi connectivity index (χ2v) is 7.43. The van der Waals surface area contributed by atoms with E-state index in [1.54, 1.807) is 23.1 Å². The Morgan fingerprint density at radius 1 is 1.00 bits per heavy atom. The Kier molecular flexibility index (Phi) is 6.75. The first-order valence-electron chi connectivity index (χ1n) is 9.86. The number of amides is 2. The topological polar surface area (TPSA) is 66.5 Å². The molecule has 0 bridgehead atoms. The second-order valence-electron chi connectivity index (χ2n) is 7.43. The van der Waals surface area contributed by atoms with Crippen LogP contribution in [0.5, 0.6) is 0 Å². The molecule has 1 fully saturated rings. The number of rotatable bonds is 6. The van der Waals surface area contributed by atoms with Crippen molar-refractivity contribution in [3.63, 3.8) is 0 Å². The number of Topliss-reactive ketones (excluding diaryl/α,β-unsaturated/α-hetero) is 1. The maximum atomic E-state index is 13.3. The fraction of sp³-hybridized carbons (Fsp3) is 0.348. The molecular weight excluding hydrogens is 371 g/mol. The molecule has 2 aromatic carbocycles. The van der Waals surface area contributed by atoms with Crippen molar-refractivity contribution < 1.29 is 18.8 Å². The molecule has 1 saturated heterocycles. The first-order chi connectivity index (χ1) is 13.9. The largest absolute Gasteiger partial charge is 0.353 e. The van der Waals surface area contributed by atoms with Gasteiger partial charge in [-0.25, -0.2) is 4.39 Å². The standard InChI is InChI=1S/C23H25FN2O3/c1-16-5-7-17(8-6-16)21(27)9-10-22(28)25-20-11-13-26(14-12-20)23(29)18-3-2-4-19(24)15-18/h2-8,15,20H,9-14H2,1H3,(H,25,28). The number of nitrogens with zero attached hydrogens (tertiary/aromatic N) is 1. The molecule has 6 heteroatoms. The normalized spacial score (nSPS) is 14.5. The molecule has 0 saturated carbocycles. The van der Waals surface area contributed by atoms with E-state index in [-0.39, 0.29) is 36.5 Å². The van der Waals surface area contributed by atoms with Crippen LogP contribution in [-0.4, -0.2) is 41.6 Å². The van der Waals surface area contributed by atoms with Gasteiger partial charge in [-0.2, -0.15) is 0 Å². The Hall–Kier alpha value is -3.02. The first kappa shape index (κ1) is 20.7. The summed E-state index contributed by atoms with van der Waals surface area (Å²) in [5, 5.41) is 2.95. The van der Waals surface area contributed by atoms with Gasteiger partial charge in [-0.05, 0) is 38.0 Å². The van der Waals surface area contributed by atoms with E-state index in [1.165, 1.54) is 18.2 Å². The SMILES string of the molecule is Cc1ccc(C(=O)CCC(=O)NC2CCN(C(=O)c3cccc(F)c3)CC2)cc1. The lowest BCUT2D eigenvalue weighted by Crippen LogP contribution is -2.46. The first-order valence-corrected chi connectivity index (χ1v) is 9.86. The molecule has 5 nitrogen and oxygen atoms in total. The van der Waals surface area contributed by atoms with Crippen LogP contribution in [0.15, 0.2) is 48.5 Å². The van der Waals surface area contributed by atoms with Crippen LogP contribution in [-0.2, 0) is 4.79 Å². The van der Waals surface area contributed by atoms with Crippen LogP contribution in [0, 0.1) is 12.7 Å². The van der Waals surface area contributed by atoms with Crippen molar-refractivity contribution in [1.29, 1.82) is 0 Å². The summed E-state index contributed by atoms with van der Waals surface area (Å²) in [5.41, 5.74) is 2.04. The minimum atomic E-state index is -0.432. The maximum absolute atomic E-state index is 13.3. The molecule has 0 spiro atoms. The third-order valence-corrected chi connectivity index (χ3v) is 5.17. The molecule has 29 heavy (non-hydrogen) atoms. The van der Waals surface area contributed by atoms with Crippen molar-refractivity contribution in [2.45, 2.75) is 38.6 Å². The van der Waals surface area contributed by atoms with Crippen LogP contribution in [0.4, 0.5) is 4.39 Å². The third kappa shape index (κ3) is 5.73. The van der Waals surface area contributed by atoms with Gasteiger partial charge in [0.1, 0.15) is 5.82 Å². The summed E-state index contributed by atoms with van der Waals surface area (Å²) in [6.07, 6.45) is 1.60. The van der Waals surface area contributed by atoms with Gasteiger partial charge in [-0.1, -0.05) is 35.9 Å². The molecule has 1 aliphatic rings. The Morgan fingerprint density at radius 3 is 2.34 bits per heavy atom. The minimum absolute atomic E-state index is 0.0199. The van der Waals surface area contributed by atoms with E-state index in [0.717, 1.165) is 5.56 Å². The molecule has 2 aromatic rings. The number of nitrogens with one attached hydrogen (secondary N) is 1. The summed E-state index contributed by atoms with van der Waals surface area (Å²) < 4.78 is 13.3. The summed E-state index contributed by atoms with van der Waals surface area (Å²) in [4.78, 5) is 38.5. The molecule has 0 unspecified atom stereocenters. The monoisotopic (exact) mass is 396 g/mol. The third-order valence-electron chi connectivity index (χ3n) is 5.17. The zero-order valence-electron chi connectivity index (χ0n) is 16.5. The predicted molar refractivity (Wildman–Crippen MR) is 108 cm³/mol. The fourth-order valence-corrected chi connectivity index (χ4v) is 3.44. The number of ketones is 1. The zero-order chi connectivity index (χ0) is 20.8. The lowest BCUT2D eigenvalue weighted by molar-refractivity contribution is -0.122. The average Bonchev–Trinajstić information content (AvgIpc) is 2.72. The van der Waals surface area contributed by atoms with Crippen molar-refractivity contribution in [2.24, 2.45) is 0 Å². The number of likely N-dealkylation sites (tertiary alicyclic amines) is 1. The summed E-state index contributed by atoms with van der Waals surface area (Å²) in [6, 6.07) is 13.0. The van der Waals surface area contributed by atoms with Crippen LogP contribution in [0.25, 0.3) is 0 Å². The molecule has 0 aromatic heterocycles. The highest BCUT2D eigenvalue weighted by Crippen LogP contribution is 2.15. The smallest absolute Gasteiger partial charge is 0.253 e. The molecule has 3 rings (SSSR count). The molecule has 2 amide bonds. The van der Waals surface area contributed by atoms with Crippen LogP contribution in [0.1, 0.15) is 52.0 Å². The lowest BCUT2D eigenvalue weighted by Gasteiger charge is -2.32. The number of carbonyl (C=O) groups is 3. The predicted octanol–water partition coefficient (Wildman–Crippen LogP) is 3.52. The van der Waals surface area contributed by atoms with Gasteiger partial charge in [0.05, 0.1) is 0 Å². The van der Waals surface area contributed by atoms with Crippen LogP contribution >= 0.6 is 0 Å². The van der Waals surface area contributed by atoms with Gasteiger partial charge in [0.25, 0.3) is 5.91 Å². The number of halogens is 1. The van der Waals surface area contributed by atoms with Crippen LogP contribution < -0.4 is 5.32 Å². The van der Waals surface area contributed by atoms with Crippen molar-refractivity contribution >= 4 is 17.6 Å². The Balaban J connectivity index is 1.42. The molecule has 0 radical (unpaired) electrons. The highest BCUT2D eigenvalue weighted by atomic mass is 19.1. The maximum Gasteiger partial charge on any atom is 0.253 e. The Bertz CT molecular complexity index is 887. The van der Waals surface area contributed by atoms with E-state index in [1.807, 2.05) is 19.1 Å². The van der Waals surface area contributed by atoms with E-state index < -0.39 is 5.82 Å². The van der Waals surface area contributed by atoms with Crippen LogP contribution in [0.2, 0.25) is 0 Å². The number of carbonyl (C=O) groups excluding carboxylic acids is 3. The quantitative estimate of drug-likeness (QED) is 0.760. The van der Waals surface area contributed by atoms with Crippen molar-refractivity contribution in [2.75, 3.05) is 13.1 Å². The molecule has 1 aliphatic heterocycles. The Morgan fingerprint density at radius 2 is 1.69 bits per heavy atom. The van der Waals surface area contributed by atoms with Crippen molar-refractivity contribution in [3.8, 4) is 0 Å². The molecular formula is C23H25FN2O3. The highest BCUT2D eigenvalue weighted by Gasteiger charge is 2.25. The lowest BCUT2D eigenvalue weighted by atomic mass is 10.0. The van der Waals surface area contributed by atoms with Gasteiger partial charge in [-0.3, -0.25) is 14.4 Å². The van der Waals surface area contributed by atoms with Gasteiger partial charge in [0.2, 0.25) is 5.91 Å². The van der Waals surface area contributed by atoms with Gasteiger partial charge < -0.3 is 10.2 Å². The molecule has 0 atom stereocenters. The molecule has 0 aliphatic carbocycles. The Labute approximate surface area is 169 Å². The fourth-order valence-electron chi connectivity index (χ4n) is 3.44. The molecule has 1 N–H and O–H groups in total. The van der Waals surface area contributed by atoms with Crippen molar-refractivity contribution in [1.82, 2.24) is 10.2 Å². The van der Waals surface area contributed by atoms with E-state index in [9.17, 15) is 18.8 Å². The summed E-state index contributed by atoms with van der Waals surface area (Å²) in [6.45, 7) is 2.96. The van der Waals surface area contributed by atoms with E-state index in [0.29, 0.717) is 37.1 Å². The van der Waals surface area contributed by atoms with E-state index >= 15 is 0 Å². The van der Waals surface area contributed by atoms with Gasteiger partial charge in [-0.15, -0.1) is 0 Å². The summed E-state index contributed by atoms with van der Waals surface area (Å²) in [5.74, 6) is -0.827. The van der Waals surface area contributed by atoms with Crippen LogP contribution in [0.3, 0.4) is 0 Å². The molecule has 152 valence electrons. The van der Waals surface area contributed by atoms with E-state index in [4.69, 9.17) is 0 Å². The average molecular weight is 396 g/mol. The number of hydrogen-bond acceptors (Lipinski definition) is 3. The number of benzene rings is 2. The second kappa shape index (κ2) is 9.45. The molecule has 1 heterocycles. The highest BCUT2D eigenvalue weighted by molar-refractivity contribution is 5.98. The summed E-state index contributed by atoms with van der Waals surface area (Å²) in [7, 11) is 0.